The minimum atomic E-state index is -0.0405. The van der Waals surface area contributed by atoms with Crippen LogP contribution in [0.15, 0.2) is 18.3 Å². The first-order valence-electron chi connectivity index (χ1n) is 6.58. The van der Waals surface area contributed by atoms with Crippen LogP contribution in [0.2, 0.25) is 0 Å². The monoisotopic (exact) mass is 248 g/mol. The molecule has 0 saturated heterocycles. The van der Waals surface area contributed by atoms with Gasteiger partial charge in [0.25, 0.3) is 0 Å². The molecule has 4 heteroatoms. The van der Waals surface area contributed by atoms with E-state index in [1.807, 2.05) is 19.9 Å². The lowest BCUT2D eigenvalue weighted by Crippen LogP contribution is -2.18. The van der Waals surface area contributed by atoms with Gasteiger partial charge in [0.15, 0.2) is 0 Å². The Kier molecular flexibility index (Phi) is 4.18. The minimum absolute atomic E-state index is 0.0213. The van der Waals surface area contributed by atoms with Crippen molar-refractivity contribution in [2.45, 2.75) is 45.6 Å². The van der Waals surface area contributed by atoms with Gasteiger partial charge in [-0.2, -0.15) is 0 Å². The van der Waals surface area contributed by atoms with Gasteiger partial charge in [0.1, 0.15) is 11.6 Å². The Morgan fingerprint density at radius 1 is 1.39 bits per heavy atom. The van der Waals surface area contributed by atoms with Crippen molar-refractivity contribution in [2.24, 2.45) is 5.92 Å². The van der Waals surface area contributed by atoms with Gasteiger partial charge < -0.3 is 10.1 Å². The average molecular weight is 248 g/mol. The van der Waals surface area contributed by atoms with Gasteiger partial charge in [-0.15, -0.1) is 0 Å². The molecule has 1 N–H and O–H groups in total. The Bertz CT molecular complexity index is 395. The summed E-state index contributed by atoms with van der Waals surface area (Å²) >= 11 is 0. The lowest BCUT2D eigenvalue weighted by Gasteiger charge is -2.13. The third-order valence-electron chi connectivity index (χ3n) is 3.12. The van der Waals surface area contributed by atoms with Crippen LogP contribution in [0.25, 0.3) is 0 Å². The van der Waals surface area contributed by atoms with Crippen LogP contribution < -0.4 is 10.1 Å². The number of amides is 1. The SMILES string of the molecule is CC(C)C(=O)Nc1ccc(OC2CCCC2)cn1. The van der Waals surface area contributed by atoms with E-state index in [2.05, 4.69) is 10.3 Å². The molecule has 0 spiro atoms. The highest BCUT2D eigenvalue weighted by Crippen LogP contribution is 2.24. The first-order chi connectivity index (χ1) is 8.65. The van der Waals surface area contributed by atoms with Crippen molar-refractivity contribution in [3.05, 3.63) is 18.3 Å². The summed E-state index contributed by atoms with van der Waals surface area (Å²) in [5.41, 5.74) is 0. The maximum Gasteiger partial charge on any atom is 0.228 e. The number of anilines is 1. The molecule has 1 aromatic rings. The molecule has 1 fully saturated rings. The molecule has 1 aliphatic carbocycles. The van der Waals surface area contributed by atoms with Crippen molar-refractivity contribution in [3.63, 3.8) is 0 Å². The summed E-state index contributed by atoms with van der Waals surface area (Å²) in [6.45, 7) is 3.71. The molecule has 0 atom stereocenters. The molecule has 1 saturated carbocycles. The molecule has 0 unspecified atom stereocenters. The average Bonchev–Trinajstić information content (AvgIpc) is 2.84. The van der Waals surface area contributed by atoms with E-state index < -0.39 is 0 Å². The van der Waals surface area contributed by atoms with Crippen molar-refractivity contribution >= 4 is 11.7 Å². The smallest absolute Gasteiger partial charge is 0.228 e. The van der Waals surface area contributed by atoms with Gasteiger partial charge in [0, 0.05) is 5.92 Å². The van der Waals surface area contributed by atoms with Gasteiger partial charge in [-0.3, -0.25) is 4.79 Å². The summed E-state index contributed by atoms with van der Waals surface area (Å²) in [5.74, 6) is 1.30. The number of aromatic nitrogens is 1. The number of carbonyl (C=O) groups is 1. The third kappa shape index (κ3) is 3.45. The number of hydrogen-bond donors (Lipinski definition) is 1. The Morgan fingerprint density at radius 2 is 2.11 bits per heavy atom. The van der Waals surface area contributed by atoms with Gasteiger partial charge in [0.2, 0.25) is 5.91 Å². The fourth-order valence-corrected chi connectivity index (χ4v) is 1.99. The molecular formula is C14H20N2O2. The minimum Gasteiger partial charge on any atom is -0.489 e. The molecule has 98 valence electrons. The number of pyridine rings is 1. The molecule has 0 bridgehead atoms. The topological polar surface area (TPSA) is 51.2 Å². The quantitative estimate of drug-likeness (QED) is 0.891. The zero-order chi connectivity index (χ0) is 13.0. The van der Waals surface area contributed by atoms with Crippen LogP contribution in [0.1, 0.15) is 39.5 Å². The second-order valence-corrected chi connectivity index (χ2v) is 5.05. The first kappa shape index (κ1) is 12.9. The van der Waals surface area contributed by atoms with Gasteiger partial charge in [-0.1, -0.05) is 13.8 Å². The van der Waals surface area contributed by atoms with Crippen LogP contribution in [-0.2, 0) is 4.79 Å². The summed E-state index contributed by atoms with van der Waals surface area (Å²) in [5, 5.41) is 2.76. The summed E-state index contributed by atoms with van der Waals surface area (Å²) in [7, 11) is 0. The van der Waals surface area contributed by atoms with Crippen LogP contribution in [0, 0.1) is 5.92 Å². The highest BCUT2D eigenvalue weighted by molar-refractivity contribution is 5.91. The lowest BCUT2D eigenvalue weighted by atomic mass is 10.2. The molecule has 1 aromatic heterocycles. The maximum absolute atomic E-state index is 11.5. The van der Waals surface area contributed by atoms with Crippen molar-refractivity contribution in [1.29, 1.82) is 0 Å². The number of nitrogens with zero attached hydrogens (tertiary/aromatic N) is 1. The largest absolute Gasteiger partial charge is 0.489 e. The van der Waals surface area contributed by atoms with E-state index in [4.69, 9.17) is 4.74 Å². The predicted octanol–water partition coefficient (Wildman–Crippen LogP) is 3.00. The zero-order valence-electron chi connectivity index (χ0n) is 11.0. The van der Waals surface area contributed by atoms with Crippen LogP contribution in [0.3, 0.4) is 0 Å². The summed E-state index contributed by atoms with van der Waals surface area (Å²) < 4.78 is 5.81. The fraction of sp³-hybridized carbons (Fsp3) is 0.571. The number of hydrogen-bond acceptors (Lipinski definition) is 3. The fourth-order valence-electron chi connectivity index (χ4n) is 1.99. The van der Waals surface area contributed by atoms with Crippen LogP contribution in [0.5, 0.6) is 5.75 Å². The zero-order valence-corrected chi connectivity index (χ0v) is 11.0. The molecule has 1 heterocycles. The molecule has 1 aliphatic rings. The van der Waals surface area contributed by atoms with E-state index in [-0.39, 0.29) is 11.8 Å². The van der Waals surface area contributed by atoms with Crippen molar-refractivity contribution in [3.8, 4) is 5.75 Å². The normalized spacial score (nSPS) is 15.9. The second kappa shape index (κ2) is 5.85. The first-order valence-corrected chi connectivity index (χ1v) is 6.58. The van der Waals surface area contributed by atoms with Crippen LogP contribution in [0.4, 0.5) is 5.82 Å². The van der Waals surface area contributed by atoms with E-state index in [0.29, 0.717) is 11.9 Å². The Morgan fingerprint density at radius 3 is 2.67 bits per heavy atom. The highest BCUT2D eigenvalue weighted by Gasteiger charge is 2.16. The van der Waals surface area contributed by atoms with Gasteiger partial charge in [-0.25, -0.2) is 4.98 Å². The van der Waals surface area contributed by atoms with E-state index in [9.17, 15) is 4.79 Å². The Labute approximate surface area is 108 Å². The molecule has 0 aliphatic heterocycles. The second-order valence-electron chi connectivity index (χ2n) is 5.05. The maximum atomic E-state index is 11.5. The molecule has 0 aromatic carbocycles. The van der Waals surface area contributed by atoms with E-state index in [1.54, 1.807) is 12.3 Å². The molecule has 2 rings (SSSR count). The van der Waals surface area contributed by atoms with E-state index in [1.165, 1.54) is 12.8 Å². The van der Waals surface area contributed by atoms with Gasteiger partial charge >= 0.3 is 0 Å². The number of ether oxygens (including phenoxy) is 1. The van der Waals surface area contributed by atoms with Crippen molar-refractivity contribution in [1.82, 2.24) is 4.98 Å². The lowest BCUT2D eigenvalue weighted by molar-refractivity contribution is -0.118. The van der Waals surface area contributed by atoms with Crippen LogP contribution >= 0.6 is 0 Å². The molecule has 0 radical (unpaired) electrons. The summed E-state index contributed by atoms with van der Waals surface area (Å²) in [4.78, 5) is 15.7. The van der Waals surface area contributed by atoms with Crippen LogP contribution in [-0.4, -0.2) is 17.0 Å². The highest BCUT2D eigenvalue weighted by atomic mass is 16.5. The molecular weight excluding hydrogens is 228 g/mol. The van der Waals surface area contributed by atoms with Crippen molar-refractivity contribution in [2.75, 3.05) is 5.32 Å². The molecule has 4 nitrogen and oxygen atoms in total. The summed E-state index contributed by atoms with van der Waals surface area (Å²) in [6, 6.07) is 3.64. The van der Waals surface area contributed by atoms with E-state index in [0.717, 1.165) is 18.6 Å². The van der Waals surface area contributed by atoms with Crippen molar-refractivity contribution < 1.29 is 9.53 Å². The van der Waals surface area contributed by atoms with Gasteiger partial charge in [-0.05, 0) is 37.8 Å². The van der Waals surface area contributed by atoms with Gasteiger partial charge in [0.05, 0.1) is 12.3 Å². The number of rotatable bonds is 4. The predicted molar refractivity (Wildman–Crippen MR) is 70.6 cm³/mol. The molecule has 1 amide bonds. The number of nitrogens with one attached hydrogen (secondary N) is 1. The number of carbonyl (C=O) groups excluding carboxylic acids is 1. The standard InChI is InChI=1S/C14H20N2O2/c1-10(2)14(17)16-13-8-7-12(9-15-13)18-11-5-3-4-6-11/h7-11H,3-6H2,1-2H3,(H,15,16,17). The Balaban J connectivity index is 1.90. The summed E-state index contributed by atoms with van der Waals surface area (Å²) in [6.07, 6.45) is 6.77. The third-order valence-corrected chi connectivity index (χ3v) is 3.12. The van der Waals surface area contributed by atoms with E-state index >= 15 is 0 Å². The molecule has 18 heavy (non-hydrogen) atoms. The Hall–Kier alpha value is -1.58.